The molecule has 23 heavy (non-hydrogen) atoms. The van der Waals surface area contributed by atoms with Gasteiger partial charge in [0.15, 0.2) is 0 Å². The normalized spacial score (nSPS) is 29.6. The molecule has 2 aliphatic heterocycles. The molecule has 5 heteroatoms. The minimum atomic E-state index is 0. The van der Waals surface area contributed by atoms with E-state index in [9.17, 15) is 4.79 Å². The van der Waals surface area contributed by atoms with Crippen molar-refractivity contribution < 1.29 is 9.53 Å². The molecule has 1 aromatic rings. The Bertz CT molecular complexity index is 545. The second-order valence-electron chi connectivity index (χ2n) is 6.97. The van der Waals surface area contributed by atoms with Crippen LogP contribution in [0.25, 0.3) is 0 Å². The molecule has 2 saturated heterocycles. The number of aryl methyl sites for hydroxylation is 1. The fraction of sp³-hybridized carbons (Fsp3) is 0.611. The van der Waals surface area contributed by atoms with Crippen molar-refractivity contribution >= 4 is 18.3 Å². The molecule has 3 aliphatic rings. The van der Waals surface area contributed by atoms with E-state index in [0.717, 1.165) is 44.8 Å². The Morgan fingerprint density at radius 1 is 1.13 bits per heavy atom. The van der Waals surface area contributed by atoms with Gasteiger partial charge in [0.2, 0.25) is 5.91 Å². The van der Waals surface area contributed by atoms with Gasteiger partial charge in [0.05, 0.1) is 0 Å². The molecular weight excluding hydrogens is 312 g/mol. The van der Waals surface area contributed by atoms with Crippen molar-refractivity contribution in [1.29, 1.82) is 0 Å². The van der Waals surface area contributed by atoms with Crippen LogP contribution in [-0.2, 0) is 4.79 Å². The first-order chi connectivity index (χ1) is 10.7. The van der Waals surface area contributed by atoms with E-state index in [2.05, 4.69) is 29.3 Å². The van der Waals surface area contributed by atoms with E-state index in [1.165, 1.54) is 5.56 Å². The Hall–Kier alpha value is -1.26. The van der Waals surface area contributed by atoms with Crippen LogP contribution < -0.4 is 10.1 Å². The van der Waals surface area contributed by atoms with Crippen molar-refractivity contribution in [3.63, 3.8) is 0 Å². The summed E-state index contributed by atoms with van der Waals surface area (Å²) < 4.78 is 6.04. The van der Waals surface area contributed by atoms with E-state index in [1.807, 2.05) is 12.1 Å². The maximum Gasteiger partial charge on any atom is 0.226 e. The van der Waals surface area contributed by atoms with Crippen molar-refractivity contribution in [1.82, 2.24) is 10.2 Å². The first-order valence-electron chi connectivity index (χ1n) is 8.45. The third-order valence-corrected chi connectivity index (χ3v) is 5.45. The van der Waals surface area contributed by atoms with Crippen LogP contribution >= 0.6 is 12.4 Å². The molecule has 1 unspecified atom stereocenters. The second kappa shape index (κ2) is 6.70. The van der Waals surface area contributed by atoms with Gasteiger partial charge in [-0.25, -0.2) is 0 Å². The van der Waals surface area contributed by atoms with Crippen molar-refractivity contribution in [3.8, 4) is 5.75 Å². The molecule has 1 N–H and O–H groups in total. The topological polar surface area (TPSA) is 41.6 Å². The zero-order valence-corrected chi connectivity index (χ0v) is 14.3. The number of hydrogen-bond donors (Lipinski definition) is 1. The van der Waals surface area contributed by atoms with Gasteiger partial charge in [-0.3, -0.25) is 4.79 Å². The second-order valence-corrected chi connectivity index (χ2v) is 6.97. The monoisotopic (exact) mass is 336 g/mol. The molecule has 1 aliphatic carbocycles. The summed E-state index contributed by atoms with van der Waals surface area (Å²) in [5.74, 6) is 2.89. The molecule has 1 aromatic carbocycles. The number of carbonyl (C=O) groups excluding carboxylic acids is 1. The lowest BCUT2D eigenvalue weighted by molar-refractivity contribution is -0.135. The number of nitrogens with one attached hydrogen (secondary N) is 1. The number of nitrogens with zero attached hydrogens (tertiary/aromatic N) is 1. The van der Waals surface area contributed by atoms with E-state index >= 15 is 0 Å². The number of carbonyl (C=O) groups is 1. The summed E-state index contributed by atoms with van der Waals surface area (Å²) in [5, 5.41) is 3.36. The Labute approximate surface area is 144 Å². The average Bonchev–Trinajstić information content (AvgIpc) is 3.01. The lowest BCUT2D eigenvalue weighted by atomic mass is 10.1. The molecule has 0 radical (unpaired) electrons. The van der Waals surface area contributed by atoms with E-state index < -0.39 is 0 Å². The van der Waals surface area contributed by atoms with Crippen LogP contribution in [-0.4, -0.2) is 43.1 Å². The minimum Gasteiger partial charge on any atom is -0.490 e. The smallest absolute Gasteiger partial charge is 0.226 e. The van der Waals surface area contributed by atoms with E-state index in [0.29, 0.717) is 23.7 Å². The number of piperidine rings is 2. The first kappa shape index (κ1) is 16.6. The molecule has 1 saturated carbocycles. The standard InChI is InChI=1S/C18H24N2O2.ClH/c1-12-2-4-13(5-3-12)22-14-6-8-20(9-7-14)18(21)17-15-10-19-11-16(15)17;/h2-5,14-17,19H,6-11H2,1H3;1H/t15-,16+,17?;. The molecular formula is C18H25ClN2O2. The number of rotatable bonds is 3. The van der Waals surface area contributed by atoms with Gasteiger partial charge in [0, 0.05) is 31.8 Å². The van der Waals surface area contributed by atoms with Crippen LogP contribution in [0, 0.1) is 24.7 Å². The van der Waals surface area contributed by atoms with Gasteiger partial charge < -0.3 is 15.0 Å². The Morgan fingerprint density at radius 2 is 1.74 bits per heavy atom. The largest absolute Gasteiger partial charge is 0.490 e. The fourth-order valence-electron chi connectivity index (χ4n) is 4.00. The van der Waals surface area contributed by atoms with Crippen LogP contribution in [0.2, 0.25) is 0 Å². The van der Waals surface area contributed by atoms with Crippen LogP contribution in [0.4, 0.5) is 0 Å². The molecule has 0 aromatic heterocycles. The quantitative estimate of drug-likeness (QED) is 0.920. The van der Waals surface area contributed by atoms with Crippen molar-refractivity contribution in [2.45, 2.75) is 25.9 Å². The van der Waals surface area contributed by atoms with Crippen molar-refractivity contribution in [3.05, 3.63) is 29.8 Å². The highest BCUT2D eigenvalue weighted by molar-refractivity contribution is 5.85. The highest BCUT2D eigenvalue weighted by Crippen LogP contribution is 2.49. The molecule has 0 bridgehead atoms. The van der Waals surface area contributed by atoms with Crippen LogP contribution in [0.1, 0.15) is 18.4 Å². The number of halogens is 1. The Balaban J connectivity index is 0.00000156. The van der Waals surface area contributed by atoms with Crippen molar-refractivity contribution in [2.24, 2.45) is 17.8 Å². The Kier molecular flexibility index (Phi) is 4.83. The number of amides is 1. The van der Waals surface area contributed by atoms with Crippen LogP contribution in [0.15, 0.2) is 24.3 Å². The number of fused-ring (bicyclic) bond motifs is 1. The van der Waals surface area contributed by atoms with Crippen LogP contribution in [0.3, 0.4) is 0 Å². The summed E-state index contributed by atoms with van der Waals surface area (Å²) in [6, 6.07) is 8.22. The molecule has 3 atom stereocenters. The number of benzene rings is 1. The molecule has 3 fully saturated rings. The predicted octanol–water partition coefficient (Wildman–Crippen LogP) is 2.25. The van der Waals surface area contributed by atoms with Crippen molar-refractivity contribution in [2.75, 3.05) is 26.2 Å². The summed E-state index contributed by atoms with van der Waals surface area (Å²) in [6.07, 6.45) is 2.13. The zero-order chi connectivity index (χ0) is 15.1. The maximum atomic E-state index is 12.5. The first-order valence-corrected chi connectivity index (χ1v) is 8.45. The van der Waals surface area contributed by atoms with Gasteiger partial charge >= 0.3 is 0 Å². The summed E-state index contributed by atoms with van der Waals surface area (Å²) in [4.78, 5) is 14.6. The third-order valence-electron chi connectivity index (χ3n) is 5.45. The molecule has 4 rings (SSSR count). The molecule has 2 heterocycles. The van der Waals surface area contributed by atoms with Gasteiger partial charge in [-0.2, -0.15) is 0 Å². The van der Waals surface area contributed by atoms with E-state index in [4.69, 9.17) is 4.74 Å². The van der Waals surface area contributed by atoms with Gasteiger partial charge in [-0.15, -0.1) is 12.4 Å². The third kappa shape index (κ3) is 3.33. The zero-order valence-electron chi connectivity index (χ0n) is 13.5. The maximum absolute atomic E-state index is 12.5. The van der Waals surface area contributed by atoms with Crippen LogP contribution in [0.5, 0.6) is 5.75 Å². The number of hydrogen-bond acceptors (Lipinski definition) is 3. The van der Waals surface area contributed by atoms with Gasteiger partial charge in [0.25, 0.3) is 0 Å². The van der Waals surface area contributed by atoms with Gasteiger partial charge in [-0.05, 0) is 44.0 Å². The average molecular weight is 337 g/mol. The van der Waals surface area contributed by atoms with Gasteiger partial charge in [0.1, 0.15) is 11.9 Å². The van der Waals surface area contributed by atoms with E-state index in [-0.39, 0.29) is 18.5 Å². The Morgan fingerprint density at radius 3 is 2.35 bits per heavy atom. The lowest BCUT2D eigenvalue weighted by Crippen LogP contribution is -2.43. The lowest BCUT2D eigenvalue weighted by Gasteiger charge is -2.32. The summed E-state index contributed by atoms with van der Waals surface area (Å²) >= 11 is 0. The van der Waals surface area contributed by atoms with Gasteiger partial charge in [-0.1, -0.05) is 17.7 Å². The summed E-state index contributed by atoms with van der Waals surface area (Å²) in [6.45, 7) is 5.84. The molecule has 4 nitrogen and oxygen atoms in total. The summed E-state index contributed by atoms with van der Waals surface area (Å²) in [5.41, 5.74) is 1.25. The number of ether oxygens (including phenoxy) is 1. The number of likely N-dealkylation sites (tertiary alicyclic amines) is 1. The summed E-state index contributed by atoms with van der Waals surface area (Å²) in [7, 11) is 0. The molecule has 0 spiro atoms. The highest BCUT2D eigenvalue weighted by Gasteiger charge is 2.57. The minimum absolute atomic E-state index is 0. The molecule has 1 amide bonds. The highest BCUT2D eigenvalue weighted by atomic mass is 35.5. The predicted molar refractivity (Wildman–Crippen MR) is 92.0 cm³/mol. The molecule has 126 valence electrons. The van der Waals surface area contributed by atoms with E-state index in [1.54, 1.807) is 0 Å². The SMILES string of the molecule is Cc1ccc(OC2CCN(C(=O)C3[C@H]4CNC[C@@H]34)CC2)cc1.Cl. The fourth-order valence-corrected chi connectivity index (χ4v) is 4.00.